The molecule has 1 amide bonds. The second-order valence-electron chi connectivity index (χ2n) is 4.43. The molecule has 10 heteroatoms. The highest BCUT2D eigenvalue weighted by Crippen LogP contribution is 2.28. The number of nitrogens with one attached hydrogen (secondary N) is 3. The molecule has 0 bridgehead atoms. The first-order valence-corrected chi connectivity index (χ1v) is 7.48. The lowest BCUT2D eigenvalue weighted by Gasteiger charge is -2.10. The first-order valence-electron chi connectivity index (χ1n) is 6.69. The number of carbonyl (C=O) groups is 1. The van der Waals surface area contributed by atoms with Crippen molar-refractivity contribution in [3.8, 4) is 0 Å². The van der Waals surface area contributed by atoms with Gasteiger partial charge in [-0.15, -0.1) is 6.58 Å². The van der Waals surface area contributed by atoms with Gasteiger partial charge in [0.25, 0.3) is 5.91 Å². The second-order valence-corrected chi connectivity index (χ2v) is 5.35. The Hall–Kier alpha value is -3.01. The van der Waals surface area contributed by atoms with Gasteiger partial charge in [-0.2, -0.15) is 0 Å². The number of halogens is 1. The minimum atomic E-state index is -0.639. The highest BCUT2D eigenvalue weighted by atomic mass is 79.9. The maximum atomic E-state index is 12.0. The van der Waals surface area contributed by atoms with E-state index in [0.29, 0.717) is 12.1 Å². The van der Waals surface area contributed by atoms with Gasteiger partial charge < -0.3 is 5.32 Å². The van der Waals surface area contributed by atoms with Crippen molar-refractivity contribution in [2.24, 2.45) is 0 Å². The van der Waals surface area contributed by atoms with E-state index in [1.54, 1.807) is 24.3 Å². The Kier molecular flexibility index (Phi) is 5.79. The molecule has 3 N–H and O–H groups in total. The average Bonchev–Trinajstić information content (AvgIpc) is 2.58. The van der Waals surface area contributed by atoms with E-state index >= 15 is 0 Å². The van der Waals surface area contributed by atoms with Gasteiger partial charge in [-0.1, -0.05) is 22.0 Å². The summed E-state index contributed by atoms with van der Waals surface area (Å²) < 4.78 is 0.830. The minimum absolute atomic E-state index is 0.0234. The number of benzene rings is 1. The molecule has 24 heavy (non-hydrogen) atoms. The molecule has 0 spiro atoms. The fraction of sp³-hybridized carbons (Fsp3) is 0.0714. The highest BCUT2D eigenvalue weighted by Gasteiger charge is 2.23. The van der Waals surface area contributed by atoms with Crippen molar-refractivity contribution in [1.29, 1.82) is 0 Å². The van der Waals surface area contributed by atoms with Crippen LogP contribution in [0.1, 0.15) is 10.4 Å². The van der Waals surface area contributed by atoms with Crippen LogP contribution in [0.2, 0.25) is 0 Å². The Balaban J connectivity index is 2.16. The van der Waals surface area contributed by atoms with Crippen LogP contribution in [-0.4, -0.2) is 27.3 Å². The van der Waals surface area contributed by atoms with Crippen molar-refractivity contribution < 1.29 is 9.72 Å². The van der Waals surface area contributed by atoms with Crippen LogP contribution in [0.5, 0.6) is 0 Å². The molecule has 0 saturated carbocycles. The monoisotopic (exact) mass is 392 g/mol. The van der Waals surface area contributed by atoms with Gasteiger partial charge in [0.05, 0.1) is 4.92 Å². The summed E-state index contributed by atoms with van der Waals surface area (Å²) in [5, 5.41) is 14.0. The largest absolute Gasteiger partial charge is 0.361 e. The zero-order valence-corrected chi connectivity index (χ0v) is 13.9. The molecule has 1 aromatic carbocycles. The molecule has 0 aliphatic carbocycles. The van der Waals surface area contributed by atoms with Gasteiger partial charge in [0.2, 0.25) is 11.6 Å². The summed E-state index contributed by atoms with van der Waals surface area (Å²) in [7, 11) is 0. The number of nitrogens with zero attached hydrogens (tertiary/aromatic N) is 3. The summed E-state index contributed by atoms with van der Waals surface area (Å²) >= 11 is 3.27. The first-order chi connectivity index (χ1) is 11.5. The molecule has 0 atom stereocenters. The SMILES string of the molecule is C=CCNc1ncnc(NNC(=O)c2ccc(Br)cc2)c1[N+](=O)[O-]. The van der Waals surface area contributed by atoms with Gasteiger partial charge in [0.15, 0.2) is 0 Å². The molecule has 1 aromatic heterocycles. The van der Waals surface area contributed by atoms with E-state index in [2.05, 4.69) is 48.6 Å². The maximum absolute atomic E-state index is 12.0. The Morgan fingerprint density at radius 3 is 2.58 bits per heavy atom. The third-order valence-corrected chi connectivity index (χ3v) is 3.35. The molecule has 0 radical (unpaired) electrons. The van der Waals surface area contributed by atoms with Crippen LogP contribution < -0.4 is 16.2 Å². The Morgan fingerprint density at radius 1 is 1.29 bits per heavy atom. The van der Waals surface area contributed by atoms with Gasteiger partial charge in [-0.3, -0.25) is 25.8 Å². The van der Waals surface area contributed by atoms with E-state index in [0.717, 1.165) is 10.8 Å². The van der Waals surface area contributed by atoms with E-state index in [-0.39, 0.29) is 17.3 Å². The standard InChI is InChI=1S/C14H13BrN6O3/c1-2-7-16-12-11(21(23)24)13(18-8-17-12)19-20-14(22)9-3-5-10(15)6-4-9/h2-6,8H,1,7H2,(H,20,22)(H2,16,17,18,19). The third kappa shape index (κ3) is 4.26. The summed E-state index contributed by atoms with van der Waals surface area (Å²) in [6, 6.07) is 6.62. The first kappa shape index (κ1) is 17.3. The summed E-state index contributed by atoms with van der Waals surface area (Å²) in [6.07, 6.45) is 2.68. The number of nitro groups is 1. The lowest BCUT2D eigenvalue weighted by atomic mass is 10.2. The molecular formula is C14H13BrN6O3. The smallest absolute Gasteiger partial charge is 0.354 e. The molecule has 0 aliphatic heterocycles. The van der Waals surface area contributed by atoms with Crippen molar-refractivity contribution in [2.45, 2.75) is 0 Å². The lowest BCUT2D eigenvalue weighted by molar-refractivity contribution is -0.383. The van der Waals surface area contributed by atoms with Gasteiger partial charge in [-0.05, 0) is 24.3 Å². The summed E-state index contributed by atoms with van der Waals surface area (Å²) in [6.45, 7) is 3.81. The Labute approximate surface area is 145 Å². The van der Waals surface area contributed by atoms with Crippen molar-refractivity contribution in [2.75, 3.05) is 17.3 Å². The van der Waals surface area contributed by atoms with Crippen molar-refractivity contribution in [1.82, 2.24) is 15.4 Å². The van der Waals surface area contributed by atoms with Gasteiger partial charge in [0.1, 0.15) is 6.33 Å². The molecule has 2 aromatic rings. The Bertz CT molecular complexity index is 766. The number of rotatable bonds is 7. The molecule has 2 rings (SSSR count). The van der Waals surface area contributed by atoms with Crippen LogP contribution in [0.15, 0.2) is 47.7 Å². The van der Waals surface area contributed by atoms with Gasteiger partial charge in [-0.25, -0.2) is 9.97 Å². The molecule has 9 nitrogen and oxygen atoms in total. The topological polar surface area (TPSA) is 122 Å². The lowest BCUT2D eigenvalue weighted by Crippen LogP contribution is -2.30. The predicted octanol–water partition coefficient (Wildman–Crippen LogP) is 2.50. The van der Waals surface area contributed by atoms with Crippen LogP contribution >= 0.6 is 15.9 Å². The number of hydrazine groups is 1. The number of carbonyl (C=O) groups excluding carboxylic acids is 1. The molecular weight excluding hydrogens is 380 g/mol. The molecule has 0 saturated heterocycles. The summed E-state index contributed by atoms with van der Waals surface area (Å²) in [5.41, 5.74) is 4.82. The van der Waals surface area contributed by atoms with Crippen LogP contribution in [-0.2, 0) is 0 Å². The van der Waals surface area contributed by atoms with Crippen LogP contribution in [0.25, 0.3) is 0 Å². The van der Waals surface area contributed by atoms with Crippen molar-refractivity contribution in [3.05, 3.63) is 63.4 Å². The molecule has 124 valence electrons. The zero-order valence-electron chi connectivity index (χ0n) is 12.3. The quantitative estimate of drug-likeness (QED) is 0.375. The molecule has 0 fully saturated rings. The van der Waals surface area contributed by atoms with E-state index in [1.807, 2.05) is 0 Å². The van der Waals surface area contributed by atoms with E-state index in [1.165, 1.54) is 6.08 Å². The number of amides is 1. The van der Waals surface area contributed by atoms with E-state index in [9.17, 15) is 14.9 Å². The predicted molar refractivity (Wildman–Crippen MR) is 92.6 cm³/mol. The van der Waals surface area contributed by atoms with Crippen LogP contribution in [0.3, 0.4) is 0 Å². The number of aromatic nitrogens is 2. The van der Waals surface area contributed by atoms with Gasteiger partial charge >= 0.3 is 5.69 Å². The second kappa shape index (κ2) is 8.02. The number of hydrogen-bond acceptors (Lipinski definition) is 7. The average molecular weight is 393 g/mol. The Morgan fingerprint density at radius 2 is 1.96 bits per heavy atom. The molecule has 0 aliphatic rings. The van der Waals surface area contributed by atoms with Gasteiger partial charge in [0, 0.05) is 16.6 Å². The van der Waals surface area contributed by atoms with Crippen molar-refractivity contribution >= 4 is 39.2 Å². The number of anilines is 2. The van der Waals surface area contributed by atoms with E-state index in [4.69, 9.17) is 0 Å². The molecule has 1 heterocycles. The maximum Gasteiger partial charge on any atom is 0.354 e. The molecule has 0 unspecified atom stereocenters. The summed E-state index contributed by atoms with van der Waals surface area (Å²) in [4.78, 5) is 30.3. The number of hydrogen-bond donors (Lipinski definition) is 3. The minimum Gasteiger partial charge on any atom is -0.361 e. The normalized spacial score (nSPS) is 9.88. The third-order valence-electron chi connectivity index (χ3n) is 2.82. The zero-order chi connectivity index (χ0) is 17.5. The fourth-order valence-electron chi connectivity index (χ4n) is 1.73. The van der Waals surface area contributed by atoms with Crippen LogP contribution in [0.4, 0.5) is 17.3 Å². The van der Waals surface area contributed by atoms with Crippen LogP contribution in [0, 0.1) is 10.1 Å². The van der Waals surface area contributed by atoms with E-state index < -0.39 is 10.8 Å². The van der Waals surface area contributed by atoms with Crippen molar-refractivity contribution in [3.63, 3.8) is 0 Å². The fourth-order valence-corrected chi connectivity index (χ4v) is 2.00. The highest BCUT2D eigenvalue weighted by molar-refractivity contribution is 9.10. The summed E-state index contributed by atoms with van der Waals surface area (Å²) in [5.74, 6) is -0.571.